The molecule has 0 aliphatic heterocycles. The van der Waals surface area contributed by atoms with Gasteiger partial charge >= 0.3 is 5.69 Å². The molecule has 0 aliphatic rings. The maximum atomic E-state index is 13.7. The molecule has 0 amide bonds. The van der Waals surface area contributed by atoms with Crippen molar-refractivity contribution in [2.45, 2.75) is 13.5 Å². The molecule has 0 N–H and O–H groups in total. The zero-order valence-electron chi connectivity index (χ0n) is 16.9. The van der Waals surface area contributed by atoms with Gasteiger partial charge in [0.05, 0.1) is 24.4 Å². The van der Waals surface area contributed by atoms with Gasteiger partial charge in [0.15, 0.2) is 0 Å². The second-order valence-corrected chi connectivity index (χ2v) is 8.25. The minimum atomic E-state index is -0.353. The van der Waals surface area contributed by atoms with E-state index in [9.17, 15) is 9.59 Å². The first kappa shape index (κ1) is 19.3. The molecule has 0 unspecified atom stereocenters. The summed E-state index contributed by atoms with van der Waals surface area (Å²) in [4.78, 5) is 27.1. The van der Waals surface area contributed by atoms with E-state index in [1.165, 1.54) is 15.9 Å². The maximum Gasteiger partial charge on any atom is 0.336 e. The van der Waals surface area contributed by atoms with Crippen LogP contribution in [0.5, 0.6) is 5.75 Å². The van der Waals surface area contributed by atoms with Gasteiger partial charge in [-0.15, -0.1) is 11.3 Å². The van der Waals surface area contributed by atoms with E-state index >= 15 is 0 Å². The molecule has 0 saturated carbocycles. The number of benzene rings is 3. The fourth-order valence-corrected chi connectivity index (χ4v) is 4.98. The fraction of sp³-hybridized carbons (Fsp3) is 0.120. The number of hydrogen-bond acceptors (Lipinski definition) is 4. The number of thiophene rings is 1. The van der Waals surface area contributed by atoms with E-state index in [1.807, 2.05) is 61.5 Å². The molecular weight excluding hydrogens is 408 g/mol. The molecule has 5 aromatic rings. The molecule has 5 rings (SSSR count). The summed E-state index contributed by atoms with van der Waals surface area (Å²) in [5, 5.41) is 0.923. The minimum Gasteiger partial charge on any atom is -0.494 e. The maximum absolute atomic E-state index is 13.7. The van der Waals surface area contributed by atoms with Crippen LogP contribution in [0.3, 0.4) is 0 Å². The van der Waals surface area contributed by atoms with Crippen molar-refractivity contribution in [1.82, 2.24) is 9.13 Å². The predicted molar refractivity (Wildman–Crippen MR) is 126 cm³/mol. The molecular formula is C25H20N2O3S. The summed E-state index contributed by atoms with van der Waals surface area (Å²) >= 11 is 1.42. The van der Waals surface area contributed by atoms with Crippen molar-refractivity contribution in [3.8, 4) is 11.4 Å². The molecule has 0 spiro atoms. The average molecular weight is 429 g/mol. The van der Waals surface area contributed by atoms with E-state index in [0.717, 1.165) is 15.6 Å². The predicted octanol–water partition coefficient (Wildman–Crippen LogP) is 4.81. The van der Waals surface area contributed by atoms with Crippen LogP contribution in [-0.2, 0) is 6.54 Å². The molecule has 154 valence electrons. The zero-order chi connectivity index (χ0) is 21.4. The van der Waals surface area contributed by atoms with Crippen LogP contribution in [0.25, 0.3) is 26.0 Å². The number of rotatable bonds is 5. The van der Waals surface area contributed by atoms with Gasteiger partial charge < -0.3 is 4.74 Å². The normalized spacial score (nSPS) is 11.3. The van der Waals surface area contributed by atoms with Gasteiger partial charge in [0.25, 0.3) is 5.56 Å². The van der Waals surface area contributed by atoms with Crippen LogP contribution >= 0.6 is 11.3 Å². The van der Waals surface area contributed by atoms with Gasteiger partial charge in [0.2, 0.25) is 0 Å². The summed E-state index contributed by atoms with van der Waals surface area (Å²) < 4.78 is 10.0. The molecule has 0 fully saturated rings. The van der Waals surface area contributed by atoms with Gasteiger partial charge in [-0.2, -0.15) is 0 Å². The van der Waals surface area contributed by atoms with Gasteiger partial charge in [0.1, 0.15) is 10.4 Å². The third kappa shape index (κ3) is 3.35. The Morgan fingerprint density at radius 1 is 0.871 bits per heavy atom. The van der Waals surface area contributed by atoms with Gasteiger partial charge in [-0.25, -0.2) is 9.36 Å². The molecule has 31 heavy (non-hydrogen) atoms. The lowest BCUT2D eigenvalue weighted by atomic mass is 10.2. The number of nitrogens with zero attached hydrogens (tertiary/aromatic N) is 2. The highest BCUT2D eigenvalue weighted by molar-refractivity contribution is 7.25. The van der Waals surface area contributed by atoms with E-state index in [4.69, 9.17) is 4.74 Å². The fourth-order valence-electron chi connectivity index (χ4n) is 3.85. The number of aromatic nitrogens is 2. The quantitative estimate of drug-likeness (QED) is 0.404. The standard InChI is InChI=1S/C25H20N2O3S/c1-2-30-19-14-12-18(13-15-19)27-24(28)23-22(20-10-6-7-11-21(20)31-23)26(25(27)29)16-17-8-4-3-5-9-17/h3-15H,2,16H2,1H3. The summed E-state index contributed by atoms with van der Waals surface area (Å²) in [5.41, 5.74) is 1.57. The second kappa shape index (κ2) is 7.89. The molecule has 0 radical (unpaired) electrons. The Morgan fingerprint density at radius 3 is 2.32 bits per heavy atom. The Kier molecular flexibility index (Phi) is 4.92. The highest BCUT2D eigenvalue weighted by atomic mass is 32.1. The van der Waals surface area contributed by atoms with Crippen molar-refractivity contribution in [3.63, 3.8) is 0 Å². The Balaban J connectivity index is 1.82. The molecule has 2 heterocycles. The van der Waals surface area contributed by atoms with Gasteiger partial charge in [-0.05, 0) is 42.8 Å². The lowest BCUT2D eigenvalue weighted by Crippen LogP contribution is -2.38. The molecule has 0 bridgehead atoms. The minimum absolute atomic E-state index is 0.297. The van der Waals surface area contributed by atoms with E-state index < -0.39 is 0 Å². The van der Waals surface area contributed by atoms with Crippen LogP contribution in [0.1, 0.15) is 12.5 Å². The molecule has 0 aliphatic carbocycles. The van der Waals surface area contributed by atoms with Crippen LogP contribution in [0, 0.1) is 0 Å². The molecule has 0 saturated heterocycles. The van der Waals surface area contributed by atoms with Crippen LogP contribution < -0.4 is 16.0 Å². The molecule has 3 aromatic carbocycles. The van der Waals surface area contributed by atoms with Crippen molar-refractivity contribution in [2.24, 2.45) is 0 Å². The topological polar surface area (TPSA) is 53.2 Å². The second-order valence-electron chi connectivity index (χ2n) is 7.20. The van der Waals surface area contributed by atoms with Crippen molar-refractivity contribution >= 4 is 31.6 Å². The highest BCUT2D eigenvalue weighted by Gasteiger charge is 2.19. The first-order valence-corrected chi connectivity index (χ1v) is 10.9. The largest absolute Gasteiger partial charge is 0.494 e. The summed E-state index contributed by atoms with van der Waals surface area (Å²) in [7, 11) is 0. The monoisotopic (exact) mass is 428 g/mol. The Bertz CT molecular complexity index is 1500. The average Bonchev–Trinajstić information content (AvgIpc) is 3.19. The number of ether oxygens (including phenoxy) is 1. The van der Waals surface area contributed by atoms with Gasteiger partial charge in [0, 0.05) is 10.1 Å². The van der Waals surface area contributed by atoms with E-state index in [2.05, 4.69) is 0 Å². The van der Waals surface area contributed by atoms with Crippen molar-refractivity contribution < 1.29 is 4.74 Å². The van der Waals surface area contributed by atoms with Crippen molar-refractivity contribution in [1.29, 1.82) is 0 Å². The third-order valence-corrected chi connectivity index (χ3v) is 6.40. The van der Waals surface area contributed by atoms with Crippen LogP contribution in [0.4, 0.5) is 0 Å². The SMILES string of the molecule is CCOc1ccc(-n2c(=O)c3sc4ccccc4c3n(Cc3ccccc3)c2=O)cc1. The van der Waals surface area contributed by atoms with E-state index in [-0.39, 0.29) is 11.2 Å². The van der Waals surface area contributed by atoms with Gasteiger partial charge in [-0.3, -0.25) is 9.36 Å². The summed E-state index contributed by atoms with van der Waals surface area (Å²) in [6.45, 7) is 2.85. The first-order valence-electron chi connectivity index (χ1n) is 10.1. The summed E-state index contributed by atoms with van der Waals surface area (Å²) in [6, 6.07) is 24.7. The summed E-state index contributed by atoms with van der Waals surface area (Å²) in [6.07, 6.45) is 0. The Morgan fingerprint density at radius 2 is 1.58 bits per heavy atom. The highest BCUT2D eigenvalue weighted by Crippen LogP contribution is 2.31. The Hall–Kier alpha value is -3.64. The van der Waals surface area contributed by atoms with Crippen molar-refractivity contribution in [3.05, 3.63) is 105 Å². The van der Waals surface area contributed by atoms with Crippen molar-refractivity contribution in [2.75, 3.05) is 6.61 Å². The Labute approximate surface area is 182 Å². The smallest absolute Gasteiger partial charge is 0.336 e. The van der Waals surface area contributed by atoms with Gasteiger partial charge in [-0.1, -0.05) is 48.5 Å². The summed E-state index contributed by atoms with van der Waals surface area (Å²) in [5.74, 6) is 0.701. The van der Waals surface area contributed by atoms with Crippen LogP contribution in [0.2, 0.25) is 0 Å². The lowest BCUT2D eigenvalue weighted by Gasteiger charge is -2.13. The third-order valence-electron chi connectivity index (χ3n) is 5.25. The lowest BCUT2D eigenvalue weighted by molar-refractivity contribution is 0.340. The number of fused-ring (bicyclic) bond motifs is 3. The van der Waals surface area contributed by atoms with E-state index in [1.54, 1.807) is 28.8 Å². The molecule has 2 aromatic heterocycles. The van der Waals surface area contributed by atoms with Crippen LogP contribution in [-0.4, -0.2) is 15.7 Å². The van der Waals surface area contributed by atoms with E-state index in [0.29, 0.717) is 34.8 Å². The number of hydrogen-bond donors (Lipinski definition) is 0. The first-order chi connectivity index (χ1) is 15.2. The zero-order valence-corrected chi connectivity index (χ0v) is 17.8. The molecule has 6 heteroatoms. The molecule has 5 nitrogen and oxygen atoms in total. The molecule has 0 atom stereocenters. The van der Waals surface area contributed by atoms with Crippen LogP contribution in [0.15, 0.2) is 88.5 Å².